The molecule has 2 unspecified atom stereocenters. The molecule has 0 saturated carbocycles. The first kappa shape index (κ1) is 9.12. The summed E-state index contributed by atoms with van der Waals surface area (Å²) in [5, 5.41) is 21.2. The number of nitrogens with zero attached hydrogens (tertiary/aromatic N) is 1. The van der Waals surface area contributed by atoms with Crippen LogP contribution in [-0.4, -0.2) is 26.6 Å². The third kappa shape index (κ3) is 2.23. The van der Waals surface area contributed by atoms with Crippen molar-refractivity contribution in [2.24, 2.45) is 0 Å². The number of hydrogen-bond acceptors (Lipinski definition) is 4. The van der Waals surface area contributed by atoms with Crippen LogP contribution in [0.3, 0.4) is 0 Å². The molecule has 0 spiro atoms. The van der Waals surface area contributed by atoms with Crippen LogP contribution in [-0.2, 0) is 0 Å². The number of aromatic nitrogens is 1. The molecule has 1 aromatic rings. The van der Waals surface area contributed by atoms with Crippen molar-refractivity contribution < 1.29 is 10.2 Å². The van der Waals surface area contributed by atoms with E-state index >= 15 is 0 Å². The highest BCUT2D eigenvalue weighted by atomic mass is 79.9. The van der Waals surface area contributed by atoms with E-state index in [0.717, 1.165) is 0 Å². The fourth-order valence-corrected chi connectivity index (χ4v) is 1.66. The minimum atomic E-state index is -0.866. The second-order valence-electron chi connectivity index (χ2n) is 2.04. The Balaban J connectivity index is 2.62. The molecule has 0 saturated heterocycles. The van der Waals surface area contributed by atoms with Gasteiger partial charge in [0, 0.05) is 16.9 Å². The molecule has 0 aromatic carbocycles. The molecule has 1 heterocycles. The molecule has 0 fully saturated rings. The molecule has 11 heavy (non-hydrogen) atoms. The maximum Gasteiger partial charge on any atom is 0.132 e. The Bertz CT molecular complexity index is 204. The van der Waals surface area contributed by atoms with Gasteiger partial charge in [-0.25, -0.2) is 4.98 Å². The third-order valence-corrected chi connectivity index (χ3v) is 2.74. The topological polar surface area (TPSA) is 53.4 Å². The first-order valence-electron chi connectivity index (χ1n) is 3.07. The summed E-state index contributed by atoms with van der Waals surface area (Å²) >= 11 is 4.40. The van der Waals surface area contributed by atoms with Crippen molar-refractivity contribution in [3.8, 4) is 0 Å². The molecule has 5 heteroatoms. The van der Waals surface area contributed by atoms with Crippen LogP contribution in [0, 0.1) is 0 Å². The number of thiazole rings is 1. The van der Waals surface area contributed by atoms with Gasteiger partial charge in [-0.05, 0) is 0 Å². The minimum Gasteiger partial charge on any atom is -0.389 e. The van der Waals surface area contributed by atoms with E-state index in [2.05, 4.69) is 20.9 Å². The van der Waals surface area contributed by atoms with Crippen LogP contribution in [0.1, 0.15) is 11.1 Å². The standard InChI is InChI=1S/C6H8BrNO2S/c7-3-4(9)5(10)6-8-1-2-11-6/h1-2,4-5,9-10H,3H2. The van der Waals surface area contributed by atoms with Crippen molar-refractivity contribution in [2.45, 2.75) is 12.2 Å². The van der Waals surface area contributed by atoms with Crippen molar-refractivity contribution in [3.05, 3.63) is 16.6 Å². The maximum absolute atomic E-state index is 9.35. The predicted molar refractivity (Wildman–Crippen MR) is 46.9 cm³/mol. The van der Waals surface area contributed by atoms with Crippen molar-refractivity contribution in [2.75, 3.05) is 5.33 Å². The second kappa shape index (κ2) is 4.15. The molecule has 1 aromatic heterocycles. The molecule has 62 valence electrons. The SMILES string of the molecule is OC(CBr)C(O)c1nccs1. The molecule has 0 bridgehead atoms. The Kier molecular flexibility index (Phi) is 3.45. The van der Waals surface area contributed by atoms with Gasteiger partial charge in [0.25, 0.3) is 0 Å². The highest BCUT2D eigenvalue weighted by Gasteiger charge is 2.18. The Morgan fingerprint density at radius 2 is 2.36 bits per heavy atom. The Morgan fingerprint density at radius 1 is 1.64 bits per heavy atom. The lowest BCUT2D eigenvalue weighted by molar-refractivity contribution is 0.0341. The zero-order chi connectivity index (χ0) is 8.27. The van der Waals surface area contributed by atoms with Crippen LogP contribution in [0.5, 0.6) is 0 Å². The van der Waals surface area contributed by atoms with Crippen LogP contribution in [0.4, 0.5) is 0 Å². The van der Waals surface area contributed by atoms with Gasteiger partial charge in [0.2, 0.25) is 0 Å². The van der Waals surface area contributed by atoms with Crippen molar-refractivity contribution in [3.63, 3.8) is 0 Å². The summed E-state index contributed by atoms with van der Waals surface area (Å²) in [4.78, 5) is 3.87. The zero-order valence-corrected chi connectivity index (χ0v) is 8.05. The summed E-state index contributed by atoms with van der Waals surface area (Å²) in [7, 11) is 0. The zero-order valence-electron chi connectivity index (χ0n) is 5.64. The van der Waals surface area contributed by atoms with E-state index in [1.54, 1.807) is 11.6 Å². The number of aliphatic hydroxyl groups excluding tert-OH is 2. The maximum atomic E-state index is 9.35. The van der Waals surface area contributed by atoms with Gasteiger partial charge in [0.05, 0.1) is 6.10 Å². The molecule has 0 aliphatic rings. The van der Waals surface area contributed by atoms with Crippen LogP contribution >= 0.6 is 27.3 Å². The van der Waals surface area contributed by atoms with Gasteiger partial charge in [-0.15, -0.1) is 11.3 Å². The highest BCUT2D eigenvalue weighted by molar-refractivity contribution is 9.09. The molecule has 0 aliphatic carbocycles. The van der Waals surface area contributed by atoms with Crippen molar-refractivity contribution in [1.29, 1.82) is 0 Å². The highest BCUT2D eigenvalue weighted by Crippen LogP contribution is 2.19. The molecular formula is C6H8BrNO2S. The molecular weight excluding hydrogens is 230 g/mol. The lowest BCUT2D eigenvalue weighted by Crippen LogP contribution is -2.19. The molecule has 0 aliphatic heterocycles. The van der Waals surface area contributed by atoms with Gasteiger partial charge in [-0.2, -0.15) is 0 Å². The largest absolute Gasteiger partial charge is 0.389 e. The fraction of sp³-hybridized carbons (Fsp3) is 0.500. The molecule has 2 N–H and O–H groups in total. The smallest absolute Gasteiger partial charge is 0.132 e. The first-order chi connectivity index (χ1) is 5.25. The van der Waals surface area contributed by atoms with Gasteiger partial charge in [-0.3, -0.25) is 0 Å². The van der Waals surface area contributed by atoms with Crippen molar-refractivity contribution >= 4 is 27.3 Å². The molecule has 1 rings (SSSR count). The van der Waals surface area contributed by atoms with E-state index in [1.807, 2.05) is 0 Å². The lowest BCUT2D eigenvalue weighted by Gasteiger charge is -2.11. The summed E-state index contributed by atoms with van der Waals surface area (Å²) in [5.41, 5.74) is 0. The third-order valence-electron chi connectivity index (χ3n) is 1.23. The Morgan fingerprint density at radius 3 is 2.82 bits per heavy atom. The minimum absolute atomic E-state index is 0.355. The molecule has 0 radical (unpaired) electrons. The molecule has 3 nitrogen and oxygen atoms in total. The van der Waals surface area contributed by atoms with Crippen LogP contribution < -0.4 is 0 Å². The van der Waals surface area contributed by atoms with E-state index in [9.17, 15) is 5.11 Å². The van der Waals surface area contributed by atoms with Crippen LogP contribution in [0.25, 0.3) is 0 Å². The van der Waals surface area contributed by atoms with Gasteiger partial charge >= 0.3 is 0 Å². The number of rotatable bonds is 3. The van der Waals surface area contributed by atoms with Gasteiger partial charge in [-0.1, -0.05) is 15.9 Å². The molecule has 2 atom stereocenters. The fourth-order valence-electron chi connectivity index (χ4n) is 0.630. The Hall–Kier alpha value is 0.0300. The van der Waals surface area contributed by atoms with E-state index < -0.39 is 12.2 Å². The van der Waals surface area contributed by atoms with E-state index in [4.69, 9.17) is 5.11 Å². The summed E-state index contributed by atoms with van der Waals surface area (Å²) in [5.74, 6) is 0. The average Bonchev–Trinajstić information content (AvgIpc) is 2.53. The summed E-state index contributed by atoms with van der Waals surface area (Å²) in [6.07, 6.45) is -0.0417. The first-order valence-corrected chi connectivity index (χ1v) is 5.07. The number of hydrogen-bond donors (Lipinski definition) is 2. The monoisotopic (exact) mass is 237 g/mol. The number of alkyl halides is 1. The van der Waals surface area contributed by atoms with Gasteiger partial charge in [0.1, 0.15) is 11.1 Å². The predicted octanol–water partition coefficient (Wildman–Crippen LogP) is 0.932. The van der Waals surface area contributed by atoms with E-state index in [-0.39, 0.29) is 0 Å². The van der Waals surface area contributed by atoms with Gasteiger partial charge < -0.3 is 10.2 Å². The average molecular weight is 238 g/mol. The summed E-state index contributed by atoms with van der Waals surface area (Å²) < 4.78 is 0. The van der Waals surface area contributed by atoms with E-state index in [0.29, 0.717) is 10.3 Å². The summed E-state index contributed by atoms with van der Waals surface area (Å²) in [6, 6.07) is 0. The Labute approximate surface area is 76.8 Å². The normalized spacial score (nSPS) is 16.3. The van der Waals surface area contributed by atoms with E-state index in [1.165, 1.54) is 11.3 Å². The number of aliphatic hydroxyl groups is 2. The van der Waals surface area contributed by atoms with Crippen molar-refractivity contribution in [1.82, 2.24) is 4.98 Å². The second-order valence-corrected chi connectivity index (χ2v) is 3.61. The lowest BCUT2D eigenvalue weighted by atomic mass is 10.2. The molecule has 0 amide bonds. The number of halogens is 1. The quantitative estimate of drug-likeness (QED) is 0.770. The van der Waals surface area contributed by atoms with Crippen LogP contribution in [0.15, 0.2) is 11.6 Å². The summed E-state index contributed by atoms with van der Waals surface area (Å²) in [6.45, 7) is 0. The van der Waals surface area contributed by atoms with Crippen LogP contribution in [0.2, 0.25) is 0 Å². The van der Waals surface area contributed by atoms with Gasteiger partial charge in [0.15, 0.2) is 0 Å².